The average Bonchev–Trinajstić information content (AvgIpc) is 2.94. The number of carbonyl (C=O) groups is 2. The molecule has 0 aliphatic carbocycles. The lowest BCUT2D eigenvalue weighted by molar-refractivity contribution is -0.150. The van der Waals surface area contributed by atoms with Crippen molar-refractivity contribution in [2.75, 3.05) is 39.3 Å². The molecule has 0 heterocycles. The predicted molar refractivity (Wildman–Crippen MR) is 163 cm³/mol. The van der Waals surface area contributed by atoms with Gasteiger partial charge < -0.3 is 19.3 Å². The molecule has 0 saturated carbocycles. The Balaban J connectivity index is 0.000000722. The third-order valence-electron chi connectivity index (χ3n) is 6.60. The van der Waals surface area contributed by atoms with Crippen LogP contribution in [0.5, 0.6) is 0 Å². The van der Waals surface area contributed by atoms with E-state index in [4.69, 9.17) is 9.47 Å². The van der Waals surface area contributed by atoms with Crippen molar-refractivity contribution >= 4 is 24.3 Å². The van der Waals surface area contributed by atoms with Crippen LogP contribution < -0.4 is 0 Å². The van der Waals surface area contributed by atoms with E-state index < -0.39 is 0 Å². The Morgan fingerprint density at radius 1 is 0.590 bits per heavy atom. The molecule has 6 nitrogen and oxygen atoms in total. The zero-order chi connectivity index (χ0) is 28.2. The normalized spacial score (nSPS) is 12.1. The van der Waals surface area contributed by atoms with Gasteiger partial charge >= 0.3 is 11.9 Å². The lowest BCUT2D eigenvalue weighted by Crippen LogP contribution is -2.35. The topological polar surface area (TPSA) is 59.1 Å². The minimum absolute atomic E-state index is 0. The van der Waals surface area contributed by atoms with Crippen LogP contribution in [0.25, 0.3) is 0 Å². The standard InChI is InChI=1S/2C16H25NO2.ClH/c2*1-4-15(13-17(5-2)6-3)19-16(18)12-14-10-8-7-9-11-14;/h2*7-11,15H,4-6,12-13H2,1-3H3;1H. The predicted octanol–water partition coefficient (Wildman–Crippen LogP) is 6.21. The summed E-state index contributed by atoms with van der Waals surface area (Å²) in [5.41, 5.74) is 2.01. The maximum absolute atomic E-state index is 11.9. The summed E-state index contributed by atoms with van der Waals surface area (Å²) in [6.45, 7) is 18.2. The first-order valence-corrected chi connectivity index (χ1v) is 14.3. The zero-order valence-electron chi connectivity index (χ0n) is 24.9. The van der Waals surface area contributed by atoms with Gasteiger partial charge in [-0.3, -0.25) is 9.59 Å². The Morgan fingerprint density at radius 2 is 0.897 bits per heavy atom. The van der Waals surface area contributed by atoms with Gasteiger partial charge in [0.15, 0.2) is 0 Å². The monoisotopic (exact) mass is 562 g/mol. The van der Waals surface area contributed by atoms with Gasteiger partial charge in [-0.15, -0.1) is 12.4 Å². The van der Waals surface area contributed by atoms with E-state index in [1.807, 2.05) is 60.7 Å². The van der Waals surface area contributed by atoms with E-state index in [9.17, 15) is 9.59 Å². The molecule has 0 radical (unpaired) electrons. The van der Waals surface area contributed by atoms with Crippen LogP contribution in [0.2, 0.25) is 0 Å². The van der Waals surface area contributed by atoms with Gasteiger partial charge in [0.05, 0.1) is 12.8 Å². The van der Waals surface area contributed by atoms with Crippen LogP contribution in [0.4, 0.5) is 0 Å². The average molecular weight is 563 g/mol. The first-order valence-electron chi connectivity index (χ1n) is 14.3. The number of hydrogen-bond acceptors (Lipinski definition) is 6. The van der Waals surface area contributed by atoms with Crippen molar-refractivity contribution < 1.29 is 19.1 Å². The van der Waals surface area contributed by atoms with Crippen molar-refractivity contribution in [1.29, 1.82) is 0 Å². The van der Waals surface area contributed by atoms with Crippen LogP contribution in [-0.4, -0.2) is 73.2 Å². The summed E-state index contributed by atoms with van der Waals surface area (Å²) >= 11 is 0. The zero-order valence-corrected chi connectivity index (χ0v) is 25.8. The highest BCUT2D eigenvalue weighted by Gasteiger charge is 2.16. The lowest BCUT2D eigenvalue weighted by Gasteiger charge is -2.24. The van der Waals surface area contributed by atoms with Crippen molar-refractivity contribution in [2.45, 2.75) is 79.4 Å². The summed E-state index contributed by atoms with van der Waals surface area (Å²) in [5, 5.41) is 0. The highest BCUT2D eigenvalue weighted by atomic mass is 35.5. The molecule has 0 spiro atoms. The number of hydrogen-bond donors (Lipinski definition) is 0. The SMILES string of the molecule is CCC(CN(CC)CC)OC(=O)Cc1ccccc1.CCC(CN(CC)CC)OC(=O)Cc1ccccc1.Cl. The molecule has 7 heteroatoms. The van der Waals surface area contributed by atoms with Crippen molar-refractivity contribution in [3.8, 4) is 0 Å². The molecule has 2 aromatic carbocycles. The van der Waals surface area contributed by atoms with Crippen molar-refractivity contribution in [3.63, 3.8) is 0 Å². The fraction of sp³-hybridized carbons (Fsp3) is 0.562. The third-order valence-corrected chi connectivity index (χ3v) is 6.60. The van der Waals surface area contributed by atoms with E-state index in [2.05, 4.69) is 51.3 Å². The van der Waals surface area contributed by atoms with E-state index in [0.29, 0.717) is 12.8 Å². The second-order valence-corrected chi connectivity index (χ2v) is 9.34. The second kappa shape index (κ2) is 22.4. The number of rotatable bonds is 16. The largest absolute Gasteiger partial charge is 0.461 e. The maximum Gasteiger partial charge on any atom is 0.310 e. The summed E-state index contributed by atoms with van der Waals surface area (Å²) in [6.07, 6.45) is 2.42. The number of carbonyl (C=O) groups excluding carboxylic acids is 2. The number of benzene rings is 2. The van der Waals surface area contributed by atoms with Crippen LogP contribution in [-0.2, 0) is 31.9 Å². The Labute approximate surface area is 243 Å². The van der Waals surface area contributed by atoms with Crippen LogP contribution >= 0.6 is 12.4 Å². The van der Waals surface area contributed by atoms with E-state index in [1.54, 1.807) is 0 Å². The molecule has 0 aliphatic rings. The van der Waals surface area contributed by atoms with Gasteiger partial charge in [-0.1, -0.05) is 102 Å². The van der Waals surface area contributed by atoms with Crippen LogP contribution in [0.1, 0.15) is 65.5 Å². The van der Waals surface area contributed by atoms with Gasteiger partial charge in [-0.2, -0.15) is 0 Å². The number of ether oxygens (including phenoxy) is 2. The van der Waals surface area contributed by atoms with Gasteiger partial charge in [-0.25, -0.2) is 0 Å². The first-order chi connectivity index (χ1) is 18.4. The molecule has 2 rings (SSSR count). The number of nitrogens with zero attached hydrogens (tertiary/aromatic N) is 2. The first kappa shape index (κ1) is 36.6. The molecule has 0 N–H and O–H groups in total. The van der Waals surface area contributed by atoms with Crippen LogP contribution in [0.15, 0.2) is 60.7 Å². The van der Waals surface area contributed by atoms with Crippen molar-refractivity contribution in [1.82, 2.24) is 9.80 Å². The smallest absolute Gasteiger partial charge is 0.310 e. The summed E-state index contributed by atoms with van der Waals surface area (Å²) in [5.74, 6) is -0.268. The molecule has 2 aromatic rings. The second-order valence-electron chi connectivity index (χ2n) is 9.34. The molecule has 220 valence electrons. The molecule has 0 aliphatic heterocycles. The minimum Gasteiger partial charge on any atom is -0.461 e. The van der Waals surface area contributed by atoms with Crippen LogP contribution in [0, 0.1) is 0 Å². The van der Waals surface area contributed by atoms with E-state index in [0.717, 1.165) is 63.2 Å². The minimum atomic E-state index is -0.134. The summed E-state index contributed by atoms with van der Waals surface area (Å²) in [4.78, 5) is 28.4. The molecule has 0 fully saturated rings. The van der Waals surface area contributed by atoms with E-state index >= 15 is 0 Å². The van der Waals surface area contributed by atoms with Gasteiger partial charge in [0, 0.05) is 13.1 Å². The number of halogens is 1. The Morgan fingerprint density at radius 3 is 1.15 bits per heavy atom. The molecular weight excluding hydrogens is 512 g/mol. The van der Waals surface area contributed by atoms with E-state index in [-0.39, 0.29) is 36.6 Å². The molecule has 0 bridgehead atoms. The molecular formula is C32H51ClN2O4. The van der Waals surface area contributed by atoms with E-state index in [1.165, 1.54) is 0 Å². The molecule has 39 heavy (non-hydrogen) atoms. The van der Waals surface area contributed by atoms with Gasteiger partial charge in [0.2, 0.25) is 0 Å². The Kier molecular flexibility index (Phi) is 21.0. The lowest BCUT2D eigenvalue weighted by atomic mass is 10.1. The fourth-order valence-corrected chi connectivity index (χ4v) is 4.02. The summed E-state index contributed by atoms with van der Waals surface area (Å²) < 4.78 is 11.1. The number of likely N-dealkylation sites (N-methyl/N-ethyl adjacent to an activating group) is 2. The highest BCUT2D eigenvalue weighted by Crippen LogP contribution is 2.08. The van der Waals surface area contributed by atoms with Gasteiger partial charge in [-0.05, 0) is 50.1 Å². The molecule has 0 aromatic heterocycles. The third kappa shape index (κ3) is 16.3. The quantitative estimate of drug-likeness (QED) is 0.227. The maximum atomic E-state index is 11.9. The molecule has 2 atom stereocenters. The Bertz CT molecular complexity index is 801. The Hall–Kier alpha value is -2.41. The van der Waals surface area contributed by atoms with Crippen molar-refractivity contribution in [2.24, 2.45) is 0 Å². The number of esters is 2. The van der Waals surface area contributed by atoms with Crippen LogP contribution in [0.3, 0.4) is 0 Å². The highest BCUT2D eigenvalue weighted by molar-refractivity contribution is 5.85. The fourth-order valence-electron chi connectivity index (χ4n) is 4.02. The molecule has 0 amide bonds. The summed E-state index contributed by atoms with van der Waals surface area (Å²) in [6, 6.07) is 19.5. The van der Waals surface area contributed by atoms with Gasteiger partial charge in [0.25, 0.3) is 0 Å². The molecule has 0 saturated heterocycles. The van der Waals surface area contributed by atoms with Gasteiger partial charge in [0.1, 0.15) is 12.2 Å². The van der Waals surface area contributed by atoms with Crippen molar-refractivity contribution in [3.05, 3.63) is 71.8 Å². The summed E-state index contributed by atoms with van der Waals surface area (Å²) in [7, 11) is 0. The molecule has 2 unspecified atom stereocenters.